The number of nitrogens with zero attached hydrogens (tertiary/aromatic N) is 2. The van der Waals surface area contributed by atoms with Gasteiger partial charge < -0.3 is 5.11 Å². The molecule has 0 bridgehead atoms. The Kier molecular flexibility index (Phi) is 4.50. The van der Waals surface area contributed by atoms with Gasteiger partial charge in [-0.25, -0.2) is 0 Å². The van der Waals surface area contributed by atoms with E-state index in [2.05, 4.69) is 6.07 Å². The van der Waals surface area contributed by atoms with Gasteiger partial charge in [-0.2, -0.15) is 5.26 Å². The van der Waals surface area contributed by atoms with Crippen molar-refractivity contribution in [1.29, 1.82) is 5.26 Å². The molecule has 1 unspecified atom stereocenters. The molecule has 5 heteroatoms. The molecule has 2 aromatic rings. The van der Waals surface area contributed by atoms with Crippen molar-refractivity contribution in [2.24, 2.45) is 5.41 Å². The first-order valence-corrected chi connectivity index (χ1v) is 9.68. The minimum absolute atomic E-state index is 0.0428. The van der Waals surface area contributed by atoms with Crippen LogP contribution in [-0.4, -0.2) is 16.8 Å². The third kappa shape index (κ3) is 3.31. The zero-order chi connectivity index (χ0) is 20.8. The van der Waals surface area contributed by atoms with Gasteiger partial charge in [0.25, 0.3) is 0 Å². The number of benzene rings is 2. The first-order chi connectivity index (χ1) is 13.8. The van der Waals surface area contributed by atoms with E-state index in [1.54, 1.807) is 53.4 Å². The molecule has 0 saturated heterocycles. The summed E-state index contributed by atoms with van der Waals surface area (Å²) in [4.78, 5) is 28.1. The van der Waals surface area contributed by atoms with E-state index in [0.29, 0.717) is 35.4 Å². The number of phenols is 1. The first kappa shape index (κ1) is 18.9. The van der Waals surface area contributed by atoms with Crippen LogP contribution < -0.4 is 4.90 Å². The molecular weight excluding hydrogens is 364 g/mol. The highest BCUT2D eigenvalue weighted by atomic mass is 16.3. The number of carbonyl (C=O) groups excluding carboxylic acids is 2. The van der Waals surface area contributed by atoms with Crippen molar-refractivity contribution in [2.45, 2.75) is 39.0 Å². The molecule has 146 valence electrons. The zero-order valence-electron chi connectivity index (χ0n) is 16.5. The number of Topliss-reactive ketones (excluding diaryl/α,β-unsaturated/α-hetero) is 1. The van der Waals surface area contributed by atoms with Gasteiger partial charge in [0.2, 0.25) is 5.91 Å². The monoisotopic (exact) mass is 386 g/mol. The molecule has 4 rings (SSSR count). The minimum atomic E-state index is -0.341. The van der Waals surface area contributed by atoms with E-state index in [1.807, 2.05) is 13.8 Å². The molecule has 0 fully saturated rings. The summed E-state index contributed by atoms with van der Waals surface area (Å²) in [5.41, 5.74) is 2.86. The maximum Gasteiger partial charge on any atom is 0.232 e. The first-order valence-electron chi connectivity index (χ1n) is 9.68. The Balaban J connectivity index is 1.93. The van der Waals surface area contributed by atoms with Crippen molar-refractivity contribution in [1.82, 2.24) is 0 Å². The summed E-state index contributed by atoms with van der Waals surface area (Å²) < 4.78 is 0. The molecular formula is C24H22N2O3. The van der Waals surface area contributed by atoms with Gasteiger partial charge in [-0.1, -0.05) is 38.1 Å². The van der Waals surface area contributed by atoms with E-state index < -0.39 is 0 Å². The second-order valence-corrected chi connectivity index (χ2v) is 8.51. The maximum atomic E-state index is 13.3. The van der Waals surface area contributed by atoms with Gasteiger partial charge in [0.1, 0.15) is 11.8 Å². The van der Waals surface area contributed by atoms with Crippen LogP contribution in [0.25, 0.3) is 0 Å². The minimum Gasteiger partial charge on any atom is -0.508 e. The molecule has 1 amide bonds. The highest BCUT2D eigenvalue weighted by Gasteiger charge is 2.44. The maximum absolute atomic E-state index is 13.3. The van der Waals surface area contributed by atoms with Crippen LogP contribution in [0.1, 0.15) is 50.2 Å². The Bertz CT molecular complexity index is 1070. The molecule has 2 aliphatic rings. The third-order valence-electron chi connectivity index (χ3n) is 5.70. The number of carbonyl (C=O) groups is 2. The number of hydrogen-bond donors (Lipinski definition) is 1. The predicted octanol–water partition coefficient (Wildman–Crippen LogP) is 4.43. The lowest BCUT2D eigenvalue weighted by Gasteiger charge is -2.43. The van der Waals surface area contributed by atoms with E-state index in [-0.39, 0.29) is 35.2 Å². The van der Waals surface area contributed by atoms with Crippen molar-refractivity contribution in [2.75, 3.05) is 4.90 Å². The molecule has 5 nitrogen and oxygen atoms in total. The predicted molar refractivity (Wildman–Crippen MR) is 109 cm³/mol. The van der Waals surface area contributed by atoms with Crippen LogP contribution in [0.15, 0.2) is 59.8 Å². The summed E-state index contributed by atoms with van der Waals surface area (Å²) in [6.07, 6.45) is 1.14. The van der Waals surface area contributed by atoms with Gasteiger partial charge in [0.15, 0.2) is 5.78 Å². The topological polar surface area (TPSA) is 81.4 Å². The molecule has 1 heterocycles. The van der Waals surface area contributed by atoms with Crippen LogP contribution in [0, 0.1) is 16.7 Å². The SMILES string of the molecule is CC1(C)CC(=O)C2=C(C1)N(c1ccccc1C#N)C(=O)CC2c1ccc(O)cc1. The molecule has 1 aliphatic heterocycles. The van der Waals surface area contributed by atoms with Crippen molar-refractivity contribution < 1.29 is 14.7 Å². The van der Waals surface area contributed by atoms with Crippen molar-refractivity contribution in [3.63, 3.8) is 0 Å². The van der Waals surface area contributed by atoms with E-state index in [0.717, 1.165) is 5.56 Å². The molecule has 29 heavy (non-hydrogen) atoms. The Morgan fingerprint density at radius 1 is 1.07 bits per heavy atom. The summed E-state index contributed by atoms with van der Waals surface area (Å²) in [5, 5.41) is 19.2. The van der Waals surface area contributed by atoms with Crippen LogP contribution in [0.4, 0.5) is 5.69 Å². The number of aromatic hydroxyl groups is 1. The van der Waals surface area contributed by atoms with E-state index in [1.165, 1.54) is 0 Å². The van der Waals surface area contributed by atoms with Crippen molar-refractivity contribution >= 4 is 17.4 Å². The van der Waals surface area contributed by atoms with Gasteiger partial charge in [0.05, 0.1) is 11.3 Å². The molecule has 0 spiro atoms. The largest absolute Gasteiger partial charge is 0.508 e. The van der Waals surface area contributed by atoms with Crippen LogP contribution >= 0.6 is 0 Å². The fourth-order valence-electron chi connectivity index (χ4n) is 4.45. The summed E-state index contributed by atoms with van der Waals surface area (Å²) in [7, 11) is 0. The Morgan fingerprint density at radius 3 is 2.45 bits per heavy atom. The van der Waals surface area contributed by atoms with Gasteiger partial charge in [-0.05, 0) is 41.7 Å². The standard InChI is InChI=1S/C24H22N2O3/c1-24(2)12-20-23(21(28)13-24)18(15-7-9-17(27)10-8-15)11-22(29)26(20)19-6-4-3-5-16(19)14-25/h3-10,18,27H,11-13H2,1-2H3. The van der Waals surface area contributed by atoms with E-state index in [9.17, 15) is 20.0 Å². The Morgan fingerprint density at radius 2 is 1.76 bits per heavy atom. The molecule has 1 atom stereocenters. The number of nitriles is 1. The number of rotatable bonds is 2. The normalized spacial score (nSPS) is 21.0. The molecule has 1 N–H and O–H groups in total. The summed E-state index contributed by atoms with van der Waals surface area (Å²) in [5.74, 6) is -0.283. The average molecular weight is 386 g/mol. The third-order valence-corrected chi connectivity index (χ3v) is 5.70. The van der Waals surface area contributed by atoms with E-state index >= 15 is 0 Å². The van der Waals surface area contributed by atoms with Gasteiger partial charge in [-0.15, -0.1) is 0 Å². The fraction of sp³-hybridized carbons (Fsp3) is 0.292. The lowest BCUT2D eigenvalue weighted by molar-refractivity contribution is -0.121. The molecule has 0 aromatic heterocycles. The number of amides is 1. The zero-order valence-corrected chi connectivity index (χ0v) is 16.5. The van der Waals surface area contributed by atoms with Crippen LogP contribution in [0.3, 0.4) is 0 Å². The number of hydrogen-bond acceptors (Lipinski definition) is 4. The lowest BCUT2D eigenvalue weighted by atomic mass is 9.69. The summed E-state index contributed by atoms with van der Waals surface area (Å²) >= 11 is 0. The fourth-order valence-corrected chi connectivity index (χ4v) is 4.45. The molecule has 0 saturated carbocycles. The van der Waals surface area contributed by atoms with Crippen LogP contribution in [0.2, 0.25) is 0 Å². The highest BCUT2D eigenvalue weighted by Crippen LogP contribution is 2.48. The summed E-state index contributed by atoms with van der Waals surface area (Å²) in [6, 6.07) is 15.9. The second-order valence-electron chi connectivity index (χ2n) is 8.51. The lowest BCUT2D eigenvalue weighted by Crippen LogP contribution is -2.44. The van der Waals surface area contributed by atoms with E-state index in [4.69, 9.17) is 0 Å². The molecule has 2 aromatic carbocycles. The number of ketones is 1. The van der Waals surface area contributed by atoms with Crippen molar-refractivity contribution in [3.8, 4) is 11.8 Å². The van der Waals surface area contributed by atoms with Gasteiger partial charge >= 0.3 is 0 Å². The quantitative estimate of drug-likeness (QED) is 0.828. The molecule has 1 aliphatic carbocycles. The average Bonchev–Trinajstić information content (AvgIpc) is 2.67. The van der Waals surface area contributed by atoms with Crippen LogP contribution in [0.5, 0.6) is 5.75 Å². The highest BCUT2D eigenvalue weighted by molar-refractivity contribution is 6.08. The van der Waals surface area contributed by atoms with Crippen molar-refractivity contribution in [3.05, 3.63) is 70.9 Å². The Hall–Kier alpha value is -3.39. The summed E-state index contributed by atoms with van der Waals surface area (Å²) in [6.45, 7) is 4.05. The number of allylic oxidation sites excluding steroid dienone is 2. The van der Waals surface area contributed by atoms with Crippen LogP contribution in [-0.2, 0) is 9.59 Å². The van der Waals surface area contributed by atoms with Gasteiger partial charge in [0, 0.05) is 30.0 Å². The molecule has 0 radical (unpaired) electrons. The smallest absolute Gasteiger partial charge is 0.232 e. The van der Waals surface area contributed by atoms with Gasteiger partial charge in [-0.3, -0.25) is 14.5 Å². The Labute approximate surface area is 169 Å². The number of para-hydroxylation sites is 1. The second kappa shape index (κ2) is 6.89. The number of phenolic OH excluding ortho intramolecular Hbond substituents is 1. The number of anilines is 1.